The Labute approximate surface area is 235 Å². The Bertz CT molecular complexity index is 1260. The number of allylic oxidation sites excluding steroid dienone is 3. The summed E-state index contributed by atoms with van der Waals surface area (Å²) in [5.74, 6) is -0.113. The molecule has 0 saturated heterocycles. The van der Waals surface area contributed by atoms with Gasteiger partial charge in [0.2, 0.25) is 0 Å². The van der Waals surface area contributed by atoms with Gasteiger partial charge in [-0.3, -0.25) is 13.8 Å². The molecule has 0 amide bonds. The van der Waals surface area contributed by atoms with Gasteiger partial charge in [-0.2, -0.15) is 8.42 Å². The highest BCUT2D eigenvalue weighted by molar-refractivity contribution is 7.86. The van der Waals surface area contributed by atoms with Crippen molar-refractivity contribution < 1.29 is 26.9 Å². The molecule has 0 aromatic rings. The average molecular weight is 561 g/mol. The fourth-order valence-corrected chi connectivity index (χ4v) is 11.1. The zero-order valence-corrected chi connectivity index (χ0v) is 26.2. The number of carbonyl (C=O) groups is 2. The highest BCUT2D eigenvalue weighted by Gasteiger charge is 2.70. The molecule has 8 atom stereocenters. The van der Waals surface area contributed by atoms with E-state index in [-0.39, 0.29) is 51.2 Å². The van der Waals surface area contributed by atoms with Crippen molar-refractivity contribution >= 4 is 21.9 Å². The maximum Gasteiger partial charge on any atom is 0.312 e. The van der Waals surface area contributed by atoms with Crippen LogP contribution < -0.4 is 0 Å². The fraction of sp³-hybridized carbons (Fsp3) is 0.812. The monoisotopic (exact) mass is 560 g/mol. The van der Waals surface area contributed by atoms with Crippen LogP contribution in [0.15, 0.2) is 23.8 Å². The number of hydrogen-bond donors (Lipinski definition) is 0. The fourth-order valence-electron chi connectivity index (χ4n) is 10.4. The van der Waals surface area contributed by atoms with Crippen LogP contribution in [-0.4, -0.2) is 39.6 Å². The number of esters is 1. The van der Waals surface area contributed by atoms with E-state index in [1.807, 2.05) is 12.2 Å². The van der Waals surface area contributed by atoms with Crippen molar-refractivity contribution in [1.29, 1.82) is 0 Å². The molecule has 0 bridgehead atoms. The van der Waals surface area contributed by atoms with Crippen LogP contribution >= 0.6 is 0 Å². The van der Waals surface area contributed by atoms with Crippen LogP contribution in [0.25, 0.3) is 0 Å². The molecule has 0 heterocycles. The van der Waals surface area contributed by atoms with Crippen molar-refractivity contribution in [2.75, 3.05) is 13.4 Å². The summed E-state index contributed by atoms with van der Waals surface area (Å²) in [6.45, 7) is 15.7. The standard InChI is InChI=1S/C32H48O6S/c1-27(2)14-16-32(26(34)37-8)17-15-31(7)25(20(32)19-27)21(33)18-23-29(5)12-11-24(38-39(9,35)36)28(3,4)22(29)10-13-30(23,31)6/h11-12,18,20,22,24-25H,10,13-17,19H2,1-9H3/t20-,22-,24-,25-,29-,30+,31+,32-/m0/s1. The predicted molar refractivity (Wildman–Crippen MR) is 151 cm³/mol. The molecule has 0 N–H and O–H groups in total. The Morgan fingerprint density at radius 2 is 1.62 bits per heavy atom. The number of hydrogen-bond acceptors (Lipinski definition) is 6. The van der Waals surface area contributed by atoms with Crippen LogP contribution in [0.3, 0.4) is 0 Å². The molecule has 0 aliphatic heterocycles. The van der Waals surface area contributed by atoms with E-state index in [4.69, 9.17) is 8.92 Å². The Morgan fingerprint density at radius 1 is 0.974 bits per heavy atom. The molecule has 0 unspecified atom stereocenters. The number of rotatable bonds is 3. The first-order valence-electron chi connectivity index (χ1n) is 14.7. The maximum absolute atomic E-state index is 14.4. The second kappa shape index (κ2) is 8.53. The summed E-state index contributed by atoms with van der Waals surface area (Å²) in [7, 11) is -2.13. The van der Waals surface area contributed by atoms with E-state index in [0.717, 1.165) is 51.2 Å². The van der Waals surface area contributed by atoms with Gasteiger partial charge in [0.25, 0.3) is 10.1 Å². The summed E-state index contributed by atoms with van der Waals surface area (Å²) < 4.78 is 35.1. The summed E-state index contributed by atoms with van der Waals surface area (Å²) in [5.41, 5.74) is -0.662. The predicted octanol–water partition coefficient (Wildman–Crippen LogP) is 6.26. The quantitative estimate of drug-likeness (QED) is 0.230. The van der Waals surface area contributed by atoms with Crippen molar-refractivity contribution in [3.63, 3.8) is 0 Å². The van der Waals surface area contributed by atoms with Gasteiger partial charge in [0.1, 0.15) is 6.10 Å². The van der Waals surface area contributed by atoms with Gasteiger partial charge in [-0.1, -0.05) is 66.2 Å². The molecular formula is C32H48O6S. The SMILES string of the molecule is COC(=O)[C@]12CCC(C)(C)C[C@H]1[C@H]1C(=O)C=C3[C@@]4(C)C=C[C@H](OS(C)(=O)=O)C(C)(C)[C@@H]4CC[C@@]3(C)[C@]1(C)CC2. The van der Waals surface area contributed by atoms with Crippen LogP contribution in [0.1, 0.15) is 93.4 Å². The molecule has 0 spiro atoms. The van der Waals surface area contributed by atoms with E-state index in [1.54, 1.807) is 0 Å². The lowest BCUT2D eigenvalue weighted by Crippen LogP contribution is -2.66. The van der Waals surface area contributed by atoms with Crippen LogP contribution in [0, 0.1) is 50.2 Å². The highest BCUT2D eigenvalue weighted by Crippen LogP contribution is 2.74. The Balaban J connectivity index is 1.63. The largest absolute Gasteiger partial charge is 0.469 e. The molecule has 5 aliphatic carbocycles. The van der Waals surface area contributed by atoms with E-state index in [2.05, 4.69) is 54.5 Å². The first-order chi connectivity index (χ1) is 17.8. The Kier molecular flexibility index (Phi) is 6.35. The van der Waals surface area contributed by atoms with Crippen LogP contribution in [0.2, 0.25) is 0 Å². The molecule has 6 nitrogen and oxygen atoms in total. The minimum absolute atomic E-state index is 0.0361. The molecule has 5 aliphatic rings. The lowest BCUT2D eigenvalue weighted by Gasteiger charge is -2.69. The van der Waals surface area contributed by atoms with Crippen molar-refractivity contribution in [2.24, 2.45) is 50.2 Å². The van der Waals surface area contributed by atoms with Crippen molar-refractivity contribution in [2.45, 2.75) is 99.5 Å². The molecule has 0 aromatic carbocycles. The number of methoxy groups -OCH3 is 1. The minimum Gasteiger partial charge on any atom is -0.469 e. The topological polar surface area (TPSA) is 86.7 Å². The van der Waals surface area contributed by atoms with Gasteiger partial charge in [0.15, 0.2) is 5.78 Å². The summed E-state index contributed by atoms with van der Waals surface area (Å²) in [6, 6.07) is 0. The third-order valence-electron chi connectivity index (χ3n) is 12.7. The Morgan fingerprint density at radius 3 is 2.23 bits per heavy atom. The third kappa shape index (κ3) is 3.91. The molecule has 39 heavy (non-hydrogen) atoms. The van der Waals surface area contributed by atoms with Gasteiger partial charge in [0, 0.05) is 11.3 Å². The van der Waals surface area contributed by atoms with Gasteiger partial charge in [0.05, 0.1) is 18.8 Å². The molecule has 3 saturated carbocycles. The van der Waals surface area contributed by atoms with Crippen LogP contribution in [-0.2, 0) is 28.6 Å². The third-order valence-corrected chi connectivity index (χ3v) is 13.3. The van der Waals surface area contributed by atoms with Crippen molar-refractivity contribution in [3.05, 3.63) is 23.8 Å². The zero-order chi connectivity index (χ0) is 29.0. The van der Waals surface area contributed by atoms with E-state index in [9.17, 15) is 18.0 Å². The van der Waals surface area contributed by atoms with Gasteiger partial charge in [-0.25, -0.2) is 0 Å². The van der Waals surface area contributed by atoms with Gasteiger partial charge in [-0.15, -0.1) is 0 Å². The first-order valence-corrected chi connectivity index (χ1v) is 16.5. The molecule has 218 valence electrons. The van der Waals surface area contributed by atoms with Crippen molar-refractivity contribution in [1.82, 2.24) is 0 Å². The summed E-state index contributed by atoms with van der Waals surface area (Å²) >= 11 is 0. The molecule has 7 heteroatoms. The van der Waals surface area contributed by atoms with Crippen LogP contribution in [0.4, 0.5) is 0 Å². The van der Waals surface area contributed by atoms with Gasteiger partial charge in [-0.05, 0) is 84.5 Å². The number of fused-ring (bicyclic) bond motifs is 7. The molecule has 3 fully saturated rings. The maximum atomic E-state index is 14.4. The summed E-state index contributed by atoms with van der Waals surface area (Å²) in [6.07, 6.45) is 12.6. The van der Waals surface area contributed by atoms with E-state index < -0.39 is 27.1 Å². The first kappa shape index (κ1) is 29.0. The molecule has 5 rings (SSSR count). The van der Waals surface area contributed by atoms with E-state index >= 15 is 0 Å². The van der Waals surface area contributed by atoms with Crippen LogP contribution in [0.5, 0.6) is 0 Å². The minimum atomic E-state index is -3.62. The average Bonchev–Trinajstić information content (AvgIpc) is 2.81. The van der Waals surface area contributed by atoms with Gasteiger partial charge >= 0.3 is 5.97 Å². The zero-order valence-electron chi connectivity index (χ0n) is 25.3. The number of ketones is 1. The van der Waals surface area contributed by atoms with E-state index in [1.165, 1.54) is 12.7 Å². The number of ether oxygens (including phenoxy) is 1. The second-order valence-corrected chi connectivity index (χ2v) is 17.2. The highest BCUT2D eigenvalue weighted by atomic mass is 32.2. The van der Waals surface area contributed by atoms with E-state index in [0.29, 0.717) is 0 Å². The summed E-state index contributed by atoms with van der Waals surface area (Å²) in [4.78, 5) is 27.8. The van der Waals surface area contributed by atoms with Gasteiger partial charge < -0.3 is 4.74 Å². The second-order valence-electron chi connectivity index (χ2n) is 15.6. The molecule has 0 aromatic heterocycles. The Hall–Kier alpha value is -1.47. The normalized spacial score (nSPS) is 46.2. The van der Waals surface area contributed by atoms with Crippen molar-refractivity contribution in [3.8, 4) is 0 Å². The smallest absolute Gasteiger partial charge is 0.312 e. The summed E-state index contributed by atoms with van der Waals surface area (Å²) in [5, 5.41) is 0. The molecule has 0 radical (unpaired) electrons. The lowest BCUT2D eigenvalue weighted by atomic mass is 9.34. The molecular weight excluding hydrogens is 512 g/mol. The number of carbonyl (C=O) groups excluding carboxylic acids is 2. The lowest BCUT2D eigenvalue weighted by molar-refractivity contribution is -0.191.